The van der Waals surface area contributed by atoms with Crippen LogP contribution in [0.15, 0.2) is 24.5 Å². The molecular formula is C14H21N3. The molecule has 3 heteroatoms. The molecular weight excluding hydrogens is 210 g/mol. The summed E-state index contributed by atoms with van der Waals surface area (Å²) in [7, 11) is 0. The molecule has 3 aliphatic heterocycles. The summed E-state index contributed by atoms with van der Waals surface area (Å²) in [5, 5.41) is 3.78. The largest absolute Gasteiger partial charge is 0.306 e. The lowest BCUT2D eigenvalue weighted by atomic mass is 9.83. The molecule has 92 valence electrons. The molecule has 1 N–H and O–H groups in total. The molecule has 2 unspecified atom stereocenters. The minimum Gasteiger partial charge on any atom is -0.306 e. The summed E-state index contributed by atoms with van der Waals surface area (Å²) < 4.78 is 0. The van der Waals surface area contributed by atoms with E-state index in [4.69, 9.17) is 0 Å². The second-order valence-corrected chi connectivity index (χ2v) is 5.42. The van der Waals surface area contributed by atoms with E-state index in [-0.39, 0.29) is 0 Å². The zero-order valence-electron chi connectivity index (χ0n) is 10.5. The molecule has 1 aromatic rings. The predicted octanol–water partition coefficient (Wildman–Crippen LogP) is 1.83. The van der Waals surface area contributed by atoms with Crippen LogP contribution < -0.4 is 5.32 Å². The maximum Gasteiger partial charge on any atom is 0.0315 e. The Kier molecular flexibility index (Phi) is 3.12. The third kappa shape index (κ3) is 2.35. The Labute approximate surface area is 103 Å². The van der Waals surface area contributed by atoms with Crippen molar-refractivity contribution in [2.24, 2.45) is 5.92 Å². The van der Waals surface area contributed by atoms with Gasteiger partial charge in [0.25, 0.3) is 0 Å². The van der Waals surface area contributed by atoms with Gasteiger partial charge in [-0.25, -0.2) is 0 Å². The number of nitrogens with one attached hydrogen (secondary N) is 1. The van der Waals surface area contributed by atoms with Crippen LogP contribution in [0.25, 0.3) is 0 Å². The Morgan fingerprint density at radius 3 is 2.82 bits per heavy atom. The van der Waals surface area contributed by atoms with E-state index in [1.165, 1.54) is 38.0 Å². The molecule has 0 saturated carbocycles. The molecule has 3 nitrogen and oxygen atoms in total. The van der Waals surface area contributed by atoms with Crippen molar-refractivity contribution in [1.29, 1.82) is 0 Å². The van der Waals surface area contributed by atoms with Gasteiger partial charge in [0.2, 0.25) is 0 Å². The molecule has 4 heterocycles. The fourth-order valence-corrected chi connectivity index (χ4v) is 3.20. The second kappa shape index (κ2) is 4.75. The van der Waals surface area contributed by atoms with Crippen LogP contribution in [0.3, 0.4) is 0 Å². The van der Waals surface area contributed by atoms with Gasteiger partial charge < -0.3 is 10.2 Å². The van der Waals surface area contributed by atoms with E-state index in [2.05, 4.69) is 28.2 Å². The summed E-state index contributed by atoms with van der Waals surface area (Å²) in [6, 6.07) is 5.26. The molecule has 0 aromatic carbocycles. The molecule has 2 atom stereocenters. The summed E-state index contributed by atoms with van der Waals surface area (Å²) in [5.74, 6) is 0.888. The predicted molar refractivity (Wildman–Crippen MR) is 68.7 cm³/mol. The van der Waals surface area contributed by atoms with Crippen molar-refractivity contribution in [2.75, 3.05) is 19.6 Å². The van der Waals surface area contributed by atoms with Crippen molar-refractivity contribution in [3.8, 4) is 0 Å². The molecule has 3 saturated heterocycles. The number of hydrogen-bond acceptors (Lipinski definition) is 3. The van der Waals surface area contributed by atoms with E-state index >= 15 is 0 Å². The number of rotatable bonds is 3. The number of aromatic nitrogens is 1. The van der Waals surface area contributed by atoms with Gasteiger partial charge in [0.15, 0.2) is 0 Å². The Morgan fingerprint density at radius 1 is 1.41 bits per heavy atom. The second-order valence-electron chi connectivity index (χ2n) is 5.42. The highest BCUT2D eigenvalue weighted by molar-refractivity contribution is 5.13. The van der Waals surface area contributed by atoms with Gasteiger partial charge in [-0.3, -0.25) is 4.98 Å². The van der Waals surface area contributed by atoms with Crippen molar-refractivity contribution in [2.45, 2.75) is 31.8 Å². The minimum absolute atomic E-state index is 0.411. The molecule has 0 spiro atoms. The fourth-order valence-electron chi connectivity index (χ4n) is 3.20. The van der Waals surface area contributed by atoms with Crippen LogP contribution in [-0.4, -0.2) is 35.6 Å². The van der Waals surface area contributed by atoms with Crippen LogP contribution in [0.5, 0.6) is 0 Å². The molecule has 17 heavy (non-hydrogen) atoms. The summed E-state index contributed by atoms with van der Waals surface area (Å²) >= 11 is 0. The zero-order valence-corrected chi connectivity index (χ0v) is 10.5. The third-order valence-corrected chi connectivity index (χ3v) is 4.30. The van der Waals surface area contributed by atoms with Crippen molar-refractivity contribution in [1.82, 2.24) is 15.2 Å². The highest BCUT2D eigenvalue weighted by Gasteiger charge is 2.34. The maximum absolute atomic E-state index is 4.20. The van der Waals surface area contributed by atoms with Crippen LogP contribution in [0.2, 0.25) is 0 Å². The molecule has 4 rings (SSSR count). The van der Waals surface area contributed by atoms with Gasteiger partial charge in [0, 0.05) is 31.0 Å². The molecule has 3 fully saturated rings. The SMILES string of the molecule is CC(NC1CN2CCC1CC2)c1cccnc1. The van der Waals surface area contributed by atoms with E-state index < -0.39 is 0 Å². The van der Waals surface area contributed by atoms with E-state index in [0.717, 1.165) is 5.92 Å². The van der Waals surface area contributed by atoms with E-state index in [0.29, 0.717) is 12.1 Å². The topological polar surface area (TPSA) is 28.2 Å². The monoisotopic (exact) mass is 231 g/mol. The van der Waals surface area contributed by atoms with Crippen LogP contribution >= 0.6 is 0 Å². The lowest BCUT2D eigenvalue weighted by Crippen LogP contribution is -2.56. The number of hydrogen-bond donors (Lipinski definition) is 1. The molecule has 2 bridgehead atoms. The normalized spacial score (nSPS) is 33.6. The van der Waals surface area contributed by atoms with Crippen LogP contribution in [0.4, 0.5) is 0 Å². The highest BCUT2D eigenvalue weighted by atomic mass is 15.2. The van der Waals surface area contributed by atoms with Crippen molar-refractivity contribution < 1.29 is 0 Å². The van der Waals surface area contributed by atoms with Gasteiger partial charge >= 0.3 is 0 Å². The van der Waals surface area contributed by atoms with Crippen LogP contribution in [-0.2, 0) is 0 Å². The Morgan fingerprint density at radius 2 is 2.24 bits per heavy atom. The van der Waals surface area contributed by atoms with Crippen LogP contribution in [0, 0.1) is 5.92 Å². The lowest BCUT2D eigenvalue weighted by Gasteiger charge is -2.46. The Bertz CT molecular complexity index is 357. The first-order valence-corrected chi connectivity index (χ1v) is 6.71. The molecule has 0 radical (unpaired) electrons. The smallest absolute Gasteiger partial charge is 0.0315 e. The highest BCUT2D eigenvalue weighted by Crippen LogP contribution is 2.29. The first-order chi connectivity index (χ1) is 8.33. The Balaban J connectivity index is 1.64. The van der Waals surface area contributed by atoms with Crippen molar-refractivity contribution >= 4 is 0 Å². The average molecular weight is 231 g/mol. The minimum atomic E-state index is 0.411. The molecule has 3 aliphatic rings. The van der Waals surface area contributed by atoms with Gasteiger partial charge in [-0.2, -0.15) is 0 Å². The average Bonchev–Trinajstić information content (AvgIpc) is 2.41. The summed E-state index contributed by atoms with van der Waals surface area (Å²) in [6.45, 7) is 6.10. The molecule has 0 amide bonds. The maximum atomic E-state index is 4.20. The lowest BCUT2D eigenvalue weighted by molar-refractivity contribution is 0.0680. The van der Waals surface area contributed by atoms with Gasteiger partial charge in [0.05, 0.1) is 0 Å². The first-order valence-electron chi connectivity index (χ1n) is 6.71. The van der Waals surface area contributed by atoms with Gasteiger partial charge in [-0.1, -0.05) is 6.07 Å². The number of fused-ring (bicyclic) bond motifs is 3. The number of piperidine rings is 3. The first kappa shape index (κ1) is 11.2. The van der Waals surface area contributed by atoms with Gasteiger partial charge in [-0.05, 0) is 50.4 Å². The molecule has 0 aliphatic carbocycles. The number of nitrogens with zero attached hydrogens (tertiary/aromatic N) is 2. The van der Waals surface area contributed by atoms with Gasteiger partial charge in [-0.15, -0.1) is 0 Å². The van der Waals surface area contributed by atoms with Crippen LogP contribution in [0.1, 0.15) is 31.4 Å². The third-order valence-electron chi connectivity index (χ3n) is 4.30. The van der Waals surface area contributed by atoms with Gasteiger partial charge in [0.1, 0.15) is 0 Å². The summed E-state index contributed by atoms with van der Waals surface area (Å²) in [4.78, 5) is 6.79. The van der Waals surface area contributed by atoms with E-state index in [1.807, 2.05) is 18.5 Å². The van der Waals surface area contributed by atoms with Crippen molar-refractivity contribution in [3.63, 3.8) is 0 Å². The van der Waals surface area contributed by atoms with E-state index in [1.54, 1.807) is 0 Å². The fraction of sp³-hybridized carbons (Fsp3) is 0.643. The van der Waals surface area contributed by atoms with Crippen molar-refractivity contribution in [3.05, 3.63) is 30.1 Å². The zero-order chi connectivity index (χ0) is 11.7. The summed E-state index contributed by atoms with van der Waals surface area (Å²) in [5.41, 5.74) is 1.30. The summed E-state index contributed by atoms with van der Waals surface area (Å²) in [6.07, 6.45) is 6.55. The standard InChI is InChI=1S/C14H21N3/c1-11(13-3-2-6-15-9-13)16-14-10-17-7-4-12(14)5-8-17/h2-3,6,9,11-12,14,16H,4-5,7-8,10H2,1H3. The number of pyridine rings is 1. The van der Waals surface area contributed by atoms with E-state index in [9.17, 15) is 0 Å². The quantitative estimate of drug-likeness (QED) is 0.860. The molecule has 1 aromatic heterocycles. The Hall–Kier alpha value is -0.930.